The number of nitrogens with one attached hydrogen (secondary N) is 1. The molecule has 2 aromatic carbocycles. The zero-order valence-electron chi connectivity index (χ0n) is 16.9. The van der Waals surface area contributed by atoms with Crippen molar-refractivity contribution in [1.29, 1.82) is 0 Å². The molecule has 1 fully saturated rings. The minimum atomic E-state index is -0.372. The van der Waals surface area contributed by atoms with Crippen LogP contribution in [0.1, 0.15) is 28.1 Å². The van der Waals surface area contributed by atoms with Crippen molar-refractivity contribution in [1.82, 2.24) is 9.88 Å². The molecule has 1 aromatic heterocycles. The normalized spacial score (nSPS) is 14.5. The molecule has 1 aliphatic heterocycles. The van der Waals surface area contributed by atoms with E-state index < -0.39 is 0 Å². The lowest BCUT2D eigenvalue weighted by molar-refractivity contribution is -0.121. The number of anilines is 1. The fourth-order valence-electron chi connectivity index (χ4n) is 3.65. The van der Waals surface area contributed by atoms with Crippen molar-refractivity contribution < 1.29 is 14.0 Å². The summed E-state index contributed by atoms with van der Waals surface area (Å²) in [5, 5.41) is 4.16. The molecule has 2 heterocycles. The van der Waals surface area contributed by atoms with Crippen molar-refractivity contribution in [2.24, 2.45) is 5.92 Å². The molecule has 0 aliphatic carbocycles. The molecular weight excluding hydrogens is 437 g/mol. The van der Waals surface area contributed by atoms with Gasteiger partial charge >= 0.3 is 0 Å². The first-order valence-electron chi connectivity index (χ1n) is 10.00. The Kier molecular flexibility index (Phi) is 6.34. The summed E-state index contributed by atoms with van der Waals surface area (Å²) in [5.41, 5.74) is 2.24. The molecule has 1 saturated heterocycles. The zero-order valence-corrected chi connectivity index (χ0v) is 18.5. The lowest BCUT2D eigenvalue weighted by Gasteiger charge is -2.31. The van der Waals surface area contributed by atoms with Gasteiger partial charge in [0, 0.05) is 40.0 Å². The van der Waals surface area contributed by atoms with Crippen molar-refractivity contribution in [2.45, 2.75) is 19.8 Å². The molecule has 3 aromatic rings. The van der Waals surface area contributed by atoms with E-state index in [0.717, 1.165) is 16.1 Å². The average Bonchev–Trinajstić information content (AvgIpc) is 3.14. The third-order valence-electron chi connectivity index (χ3n) is 5.39. The number of hydrogen-bond donors (Lipinski definition) is 1. The lowest BCUT2D eigenvalue weighted by atomic mass is 9.95. The highest BCUT2D eigenvalue weighted by atomic mass is 35.5. The van der Waals surface area contributed by atoms with Crippen LogP contribution in [0.3, 0.4) is 0 Å². The predicted molar refractivity (Wildman–Crippen MR) is 121 cm³/mol. The maximum absolute atomic E-state index is 13.1. The molecule has 5 nitrogen and oxygen atoms in total. The van der Waals surface area contributed by atoms with E-state index in [2.05, 4.69) is 10.3 Å². The molecule has 160 valence electrons. The molecule has 0 unspecified atom stereocenters. The van der Waals surface area contributed by atoms with Crippen LogP contribution in [-0.4, -0.2) is 34.8 Å². The summed E-state index contributed by atoms with van der Waals surface area (Å²) < 4.78 is 13.1. The summed E-state index contributed by atoms with van der Waals surface area (Å²) in [5.74, 6) is -0.767. The SMILES string of the molecule is Cc1sc(NC(=O)C2CCN(C(=O)c3ccc(F)cc3)CC2)nc1-c1ccc(Cl)cc1. The number of halogens is 2. The summed E-state index contributed by atoms with van der Waals surface area (Å²) in [4.78, 5) is 32.6. The van der Waals surface area contributed by atoms with Gasteiger partial charge in [-0.15, -0.1) is 11.3 Å². The zero-order chi connectivity index (χ0) is 22.0. The molecular formula is C23H21ClFN3O2S. The number of thiazole rings is 1. The van der Waals surface area contributed by atoms with Crippen molar-refractivity contribution in [2.75, 3.05) is 18.4 Å². The third kappa shape index (κ3) is 4.94. The van der Waals surface area contributed by atoms with E-state index in [0.29, 0.717) is 41.6 Å². The lowest BCUT2D eigenvalue weighted by Crippen LogP contribution is -2.41. The largest absolute Gasteiger partial charge is 0.339 e. The fourth-order valence-corrected chi connectivity index (χ4v) is 4.62. The maximum atomic E-state index is 13.1. The van der Waals surface area contributed by atoms with Crippen molar-refractivity contribution in [3.63, 3.8) is 0 Å². The van der Waals surface area contributed by atoms with Gasteiger partial charge in [-0.05, 0) is 56.2 Å². The molecule has 0 spiro atoms. The van der Waals surface area contributed by atoms with E-state index in [1.807, 2.05) is 31.2 Å². The second kappa shape index (κ2) is 9.16. The van der Waals surface area contributed by atoms with Gasteiger partial charge < -0.3 is 10.2 Å². The van der Waals surface area contributed by atoms with Crippen molar-refractivity contribution in [3.05, 3.63) is 69.8 Å². The summed E-state index contributed by atoms with van der Waals surface area (Å²) in [6, 6.07) is 13.0. The number of amides is 2. The van der Waals surface area contributed by atoms with E-state index in [-0.39, 0.29) is 23.5 Å². The van der Waals surface area contributed by atoms with Crippen LogP contribution in [0.25, 0.3) is 11.3 Å². The Hall–Kier alpha value is -2.77. The first-order chi connectivity index (χ1) is 14.9. The molecule has 0 bridgehead atoms. The van der Waals surface area contributed by atoms with Gasteiger partial charge in [-0.2, -0.15) is 0 Å². The Balaban J connectivity index is 1.35. The fraction of sp³-hybridized carbons (Fsp3) is 0.261. The number of carbonyl (C=O) groups is 2. The quantitative estimate of drug-likeness (QED) is 0.570. The standard InChI is InChI=1S/C23H21ClFN3O2S/c1-14-20(15-2-6-18(24)7-3-15)26-23(31-14)27-21(29)16-10-12-28(13-11-16)22(30)17-4-8-19(25)9-5-17/h2-9,16H,10-13H2,1H3,(H,26,27,29). The molecule has 1 aliphatic rings. The van der Waals surface area contributed by atoms with E-state index in [4.69, 9.17) is 11.6 Å². The topological polar surface area (TPSA) is 62.3 Å². The van der Waals surface area contributed by atoms with Gasteiger partial charge in [0.1, 0.15) is 5.82 Å². The van der Waals surface area contributed by atoms with E-state index >= 15 is 0 Å². The van der Waals surface area contributed by atoms with Gasteiger partial charge in [0.2, 0.25) is 5.91 Å². The van der Waals surface area contributed by atoms with Crippen LogP contribution < -0.4 is 5.32 Å². The highest BCUT2D eigenvalue weighted by Crippen LogP contribution is 2.31. The molecule has 1 N–H and O–H groups in total. The highest BCUT2D eigenvalue weighted by Gasteiger charge is 2.28. The van der Waals surface area contributed by atoms with Crippen LogP contribution in [0.15, 0.2) is 48.5 Å². The first-order valence-corrected chi connectivity index (χ1v) is 11.2. The second-order valence-electron chi connectivity index (χ2n) is 7.49. The smallest absolute Gasteiger partial charge is 0.253 e. The van der Waals surface area contributed by atoms with E-state index in [9.17, 15) is 14.0 Å². The van der Waals surface area contributed by atoms with Crippen LogP contribution in [0.2, 0.25) is 5.02 Å². The van der Waals surface area contributed by atoms with Crippen molar-refractivity contribution >= 4 is 39.9 Å². The molecule has 4 rings (SSSR count). The molecule has 2 amide bonds. The maximum Gasteiger partial charge on any atom is 0.253 e. The number of benzene rings is 2. The Labute approximate surface area is 188 Å². The minimum Gasteiger partial charge on any atom is -0.339 e. The summed E-state index contributed by atoms with van der Waals surface area (Å²) in [7, 11) is 0. The Morgan fingerprint density at radius 1 is 1.10 bits per heavy atom. The molecule has 0 atom stereocenters. The number of hydrogen-bond acceptors (Lipinski definition) is 4. The van der Waals surface area contributed by atoms with Crippen LogP contribution in [0.5, 0.6) is 0 Å². The summed E-state index contributed by atoms with van der Waals surface area (Å²) >= 11 is 7.39. The molecule has 0 radical (unpaired) electrons. The van der Waals surface area contributed by atoms with Gasteiger partial charge in [-0.1, -0.05) is 23.7 Å². The van der Waals surface area contributed by atoms with Crippen LogP contribution in [0, 0.1) is 18.7 Å². The summed E-state index contributed by atoms with van der Waals surface area (Å²) in [6.07, 6.45) is 1.15. The van der Waals surface area contributed by atoms with Crippen molar-refractivity contribution in [3.8, 4) is 11.3 Å². The Morgan fingerprint density at radius 3 is 2.39 bits per heavy atom. The van der Waals surface area contributed by atoms with E-state index in [1.54, 1.807) is 4.90 Å². The molecule has 8 heteroatoms. The number of aryl methyl sites for hydroxylation is 1. The highest BCUT2D eigenvalue weighted by molar-refractivity contribution is 7.16. The second-order valence-corrected chi connectivity index (χ2v) is 9.13. The molecule has 31 heavy (non-hydrogen) atoms. The van der Waals surface area contributed by atoms with Gasteiger partial charge in [0.15, 0.2) is 5.13 Å². The number of likely N-dealkylation sites (tertiary alicyclic amines) is 1. The molecule has 0 saturated carbocycles. The van der Waals surface area contributed by atoms with Gasteiger partial charge in [-0.3, -0.25) is 9.59 Å². The minimum absolute atomic E-state index is 0.0784. The van der Waals surface area contributed by atoms with Crippen LogP contribution >= 0.6 is 22.9 Å². The Bertz CT molecular complexity index is 1090. The van der Waals surface area contributed by atoms with Gasteiger partial charge in [0.25, 0.3) is 5.91 Å². The van der Waals surface area contributed by atoms with Crippen LogP contribution in [-0.2, 0) is 4.79 Å². The summed E-state index contributed by atoms with van der Waals surface area (Å²) in [6.45, 7) is 2.94. The third-order valence-corrected chi connectivity index (χ3v) is 6.53. The first kappa shape index (κ1) is 21.5. The predicted octanol–water partition coefficient (Wildman–Crippen LogP) is 5.40. The number of nitrogens with zero attached hydrogens (tertiary/aromatic N) is 2. The van der Waals surface area contributed by atoms with E-state index in [1.165, 1.54) is 35.6 Å². The number of piperidine rings is 1. The number of carbonyl (C=O) groups excluding carboxylic acids is 2. The van der Waals surface area contributed by atoms with Gasteiger partial charge in [-0.25, -0.2) is 9.37 Å². The number of aromatic nitrogens is 1. The monoisotopic (exact) mass is 457 g/mol. The average molecular weight is 458 g/mol. The van der Waals surface area contributed by atoms with Crippen LogP contribution in [0.4, 0.5) is 9.52 Å². The van der Waals surface area contributed by atoms with Gasteiger partial charge in [0.05, 0.1) is 5.69 Å². The number of rotatable bonds is 4. The Morgan fingerprint density at radius 2 is 1.74 bits per heavy atom.